The van der Waals surface area contributed by atoms with Crippen LogP contribution in [0.25, 0.3) is 0 Å². The number of carbonyl (C=O) groups is 2. The SMILES string of the molecule is CC(C)COCc1ccc(CNC(=O)CCCCCCCCCCCCC(=O)C(C)C)cc1. The highest BCUT2D eigenvalue weighted by Gasteiger charge is 2.06. The second-order valence-corrected chi connectivity index (χ2v) is 10.2. The smallest absolute Gasteiger partial charge is 0.220 e. The molecule has 1 amide bonds. The second kappa shape index (κ2) is 18.7. The highest BCUT2D eigenvalue weighted by atomic mass is 16.5. The second-order valence-electron chi connectivity index (χ2n) is 10.2. The Bertz CT molecular complexity index is 637. The zero-order chi connectivity index (χ0) is 24.3. The standard InChI is InChI=1S/C29H49NO3/c1-24(2)22-33-23-27-19-17-26(18-20-27)21-30-29(32)16-14-12-10-8-6-5-7-9-11-13-15-28(31)25(3)4/h17-20,24-25H,5-16,21-23H2,1-4H3,(H,30,32). The van der Waals surface area contributed by atoms with Crippen LogP contribution in [0.3, 0.4) is 0 Å². The predicted molar refractivity (Wildman–Crippen MR) is 138 cm³/mol. The van der Waals surface area contributed by atoms with Crippen LogP contribution in [0.15, 0.2) is 24.3 Å². The fraction of sp³-hybridized carbons (Fsp3) is 0.724. The zero-order valence-corrected chi connectivity index (χ0v) is 21.8. The number of rotatable bonds is 20. The maximum absolute atomic E-state index is 12.1. The number of carbonyl (C=O) groups excluding carboxylic acids is 2. The van der Waals surface area contributed by atoms with Crippen molar-refractivity contribution in [2.45, 2.75) is 118 Å². The molecule has 0 aliphatic heterocycles. The normalized spacial score (nSPS) is 11.3. The van der Waals surface area contributed by atoms with E-state index in [1.165, 1.54) is 50.5 Å². The number of amides is 1. The first-order valence-corrected chi connectivity index (χ1v) is 13.3. The van der Waals surface area contributed by atoms with E-state index in [0.717, 1.165) is 37.9 Å². The van der Waals surface area contributed by atoms with Crippen LogP contribution in [0.1, 0.15) is 116 Å². The molecule has 0 radical (unpaired) electrons. The summed E-state index contributed by atoms with van der Waals surface area (Å²) in [6.07, 6.45) is 13.3. The number of hydrogen-bond acceptors (Lipinski definition) is 3. The molecule has 0 heterocycles. The Hall–Kier alpha value is -1.68. The lowest BCUT2D eigenvalue weighted by Gasteiger charge is -2.09. The molecule has 4 heteroatoms. The van der Waals surface area contributed by atoms with Gasteiger partial charge in [-0.15, -0.1) is 0 Å². The van der Waals surface area contributed by atoms with E-state index >= 15 is 0 Å². The molecule has 0 aliphatic carbocycles. The molecule has 1 aromatic rings. The predicted octanol–water partition coefficient (Wildman–Crippen LogP) is 7.38. The molecule has 0 aromatic heterocycles. The lowest BCUT2D eigenvalue weighted by molar-refractivity contribution is -0.122. The average Bonchev–Trinajstić information content (AvgIpc) is 2.78. The summed E-state index contributed by atoms with van der Waals surface area (Å²) in [5.41, 5.74) is 2.30. The number of benzene rings is 1. The van der Waals surface area contributed by atoms with Gasteiger partial charge in [-0.05, 0) is 29.9 Å². The van der Waals surface area contributed by atoms with Crippen LogP contribution >= 0.6 is 0 Å². The summed E-state index contributed by atoms with van der Waals surface area (Å²) in [4.78, 5) is 23.6. The van der Waals surface area contributed by atoms with Crippen LogP contribution in [-0.4, -0.2) is 18.3 Å². The number of hydrogen-bond donors (Lipinski definition) is 1. The molecule has 4 nitrogen and oxygen atoms in total. The molecule has 0 saturated carbocycles. The first-order valence-electron chi connectivity index (χ1n) is 13.3. The molecule has 0 saturated heterocycles. The van der Waals surface area contributed by atoms with E-state index < -0.39 is 0 Å². The third-order valence-corrected chi connectivity index (χ3v) is 5.95. The van der Waals surface area contributed by atoms with Crippen molar-refractivity contribution in [2.75, 3.05) is 6.61 Å². The lowest BCUT2D eigenvalue weighted by Crippen LogP contribution is -2.22. The van der Waals surface area contributed by atoms with Crippen LogP contribution in [0.5, 0.6) is 0 Å². The Kier molecular flexibility index (Phi) is 16.6. The third kappa shape index (κ3) is 16.6. The molecule has 0 bridgehead atoms. The molecule has 0 atom stereocenters. The summed E-state index contributed by atoms with van der Waals surface area (Å²) in [7, 11) is 0. The highest BCUT2D eigenvalue weighted by Crippen LogP contribution is 2.13. The first kappa shape index (κ1) is 29.4. The molecule has 1 N–H and O–H groups in total. The van der Waals surface area contributed by atoms with Crippen molar-refractivity contribution in [3.8, 4) is 0 Å². The van der Waals surface area contributed by atoms with E-state index in [1.807, 2.05) is 13.8 Å². The van der Waals surface area contributed by atoms with Gasteiger partial charge >= 0.3 is 0 Å². The number of ketones is 1. The monoisotopic (exact) mass is 459 g/mol. The van der Waals surface area contributed by atoms with Crippen LogP contribution in [0, 0.1) is 11.8 Å². The first-order chi connectivity index (χ1) is 15.9. The highest BCUT2D eigenvalue weighted by molar-refractivity contribution is 5.80. The van der Waals surface area contributed by atoms with Crippen LogP contribution in [-0.2, 0) is 27.5 Å². The molecular weight excluding hydrogens is 410 g/mol. The molecule has 1 aromatic carbocycles. The van der Waals surface area contributed by atoms with E-state index in [4.69, 9.17) is 4.74 Å². The minimum atomic E-state index is 0.148. The topological polar surface area (TPSA) is 55.4 Å². The summed E-state index contributed by atoms with van der Waals surface area (Å²) < 4.78 is 5.66. The minimum absolute atomic E-state index is 0.148. The van der Waals surface area contributed by atoms with Crippen molar-refractivity contribution in [3.05, 3.63) is 35.4 Å². The van der Waals surface area contributed by atoms with Crippen molar-refractivity contribution < 1.29 is 14.3 Å². The molecule has 0 aliphatic rings. The molecule has 33 heavy (non-hydrogen) atoms. The van der Waals surface area contributed by atoms with Gasteiger partial charge in [0.05, 0.1) is 6.61 Å². The van der Waals surface area contributed by atoms with Gasteiger partial charge < -0.3 is 10.1 Å². The molecule has 0 unspecified atom stereocenters. The van der Waals surface area contributed by atoms with Gasteiger partial charge in [-0.25, -0.2) is 0 Å². The van der Waals surface area contributed by atoms with E-state index in [0.29, 0.717) is 31.3 Å². The van der Waals surface area contributed by atoms with Crippen molar-refractivity contribution in [2.24, 2.45) is 11.8 Å². The van der Waals surface area contributed by atoms with Gasteiger partial charge in [0.25, 0.3) is 0 Å². The van der Waals surface area contributed by atoms with E-state index in [2.05, 4.69) is 43.4 Å². The molecule has 0 fully saturated rings. The molecular formula is C29H49NO3. The number of nitrogens with one attached hydrogen (secondary N) is 1. The summed E-state index contributed by atoms with van der Waals surface area (Å²) in [5, 5.41) is 3.03. The van der Waals surface area contributed by atoms with Crippen molar-refractivity contribution in [1.29, 1.82) is 0 Å². The Morgan fingerprint density at radius 2 is 1.21 bits per heavy atom. The van der Waals surface area contributed by atoms with Crippen molar-refractivity contribution >= 4 is 11.7 Å². The summed E-state index contributed by atoms with van der Waals surface area (Å²) >= 11 is 0. The van der Waals surface area contributed by atoms with Gasteiger partial charge in [-0.1, -0.05) is 103 Å². The van der Waals surface area contributed by atoms with Crippen molar-refractivity contribution in [3.63, 3.8) is 0 Å². The quantitative estimate of drug-likeness (QED) is 0.207. The van der Waals surface area contributed by atoms with Crippen LogP contribution in [0.2, 0.25) is 0 Å². The maximum atomic E-state index is 12.1. The van der Waals surface area contributed by atoms with Gasteiger partial charge in [-0.3, -0.25) is 9.59 Å². The largest absolute Gasteiger partial charge is 0.377 e. The van der Waals surface area contributed by atoms with Gasteiger partial charge in [0, 0.05) is 31.9 Å². The Balaban J connectivity index is 1.93. The van der Waals surface area contributed by atoms with E-state index in [-0.39, 0.29) is 11.8 Å². The molecule has 1 rings (SSSR count). The number of unbranched alkanes of at least 4 members (excludes halogenated alkanes) is 9. The molecule has 188 valence electrons. The zero-order valence-electron chi connectivity index (χ0n) is 21.8. The Morgan fingerprint density at radius 3 is 1.73 bits per heavy atom. The van der Waals surface area contributed by atoms with Gasteiger partial charge in [0.2, 0.25) is 5.91 Å². The van der Waals surface area contributed by atoms with Crippen LogP contribution in [0.4, 0.5) is 0 Å². The summed E-state index contributed by atoms with van der Waals surface area (Å²) in [6, 6.07) is 8.30. The summed E-state index contributed by atoms with van der Waals surface area (Å²) in [5.74, 6) is 1.29. The maximum Gasteiger partial charge on any atom is 0.220 e. The lowest BCUT2D eigenvalue weighted by atomic mass is 10.0. The Morgan fingerprint density at radius 1 is 0.727 bits per heavy atom. The Labute approximate surface area is 203 Å². The minimum Gasteiger partial charge on any atom is -0.377 e. The molecule has 0 spiro atoms. The van der Waals surface area contributed by atoms with Gasteiger partial charge in [0.1, 0.15) is 5.78 Å². The van der Waals surface area contributed by atoms with Crippen LogP contribution < -0.4 is 5.32 Å². The third-order valence-electron chi connectivity index (χ3n) is 5.95. The number of Topliss-reactive ketones (excluding diaryl/α,β-unsaturated/α-hetero) is 1. The average molecular weight is 460 g/mol. The summed E-state index contributed by atoms with van der Waals surface area (Å²) in [6.45, 7) is 10.3. The fourth-order valence-electron chi connectivity index (χ4n) is 3.74. The van der Waals surface area contributed by atoms with Gasteiger partial charge in [-0.2, -0.15) is 0 Å². The van der Waals surface area contributed by atoms with E-state index in [1.54, 1.807) is 0 Å². The van der Waals surface area contributed by atoms with Gasteiger partial charge in [0.15, 0.2) is 0 Å². The number of ether oxygens (including phenoxy) is 1. The van der Waals surface area contributed by atoms with Crippen molar-refractivity contribution in [1.82, 2.24) is 5.32 Å². The fourth-order valence-corrected chi connectivity index (χ4v) is 3.74. The van der Waals surface area contributed by atoms with E-state index in [9.17, 15) is 9.59 Å².